The Labute approximate surface area is 121 Å². The van der Waals surface area contributed by atoms with E-state index in [1.54, 1.807) is 0 Å². The fourth-order valence-corrected chi connectivity index (χ4v) is 2.68. The van der Waals surface area contributed by atoms with Crippen LogP contribution in [0.25, 0.3) is 0 Å². The molecule has 0 unspecified atom stereocenters. The van der Waals surface area contributed by atoms with Gasteiger partial charge in [0.1, 0.15) is 0 Å². The van der Waals surface area contributed by atoms with Crippen LogP contribution < -0.4 is 10.9 Å². The molecule has 5 nitrogen and oxygen atoms in total. The van der Waals surface area contributed by atoms with Crippen LogP contribution in [0, 0.1) is 13.8 Å². The van der Waals surface area contributed by atoms with Crippen LogP contribution in [-0.2, 0) is 10.5 Å². The molecule has 1 aromatic carbocycles. The van der Waals surface area contributed by atoms with Crippen molar-refractivity contribution in [3.8, 4) is 0 Å². The molecule has 0 spiro atoms. The summed E-state index contributed by atoms with van der Waals surface area (Å²) in [7, 11) is 0. The maximum absolute atomic E-state index is 11.8. The molecule has 0 saturated heterocycles. The summed E-state index contributed by atoms with van der Waals surface area (Å²) >= 11 is 1.45. The highest BCUT2D eigenvalue weighted by Crippen LogP contribution is 2.15. The third kappa shape index (κ3) is 4.31. The molecule has 0 bridgehead atoms. The maximum atomic E-state index is 11.8. The summed E-state index contributed by atoms with van der Waals surface area (Å²) in [5.74, 6) is 0.900. The van der Waals surface area contributed by atoms with E-state index in [1.165, 1.54) is 17.8 Å². The summed E-state index contributed by atoms with van der Waals surface area (Å²) in [5.41, 5.74) is 3.71. The van der Waals surface area contributed by atoms with E-state index in [9.17, 15) is 9.59 Å². The molecule has 2 aromatic rings. The zero-order chi connectivity index (χ0) is 14.5. The molecule has 20 heavy (non-hydrogen) atoms. The van der Waals surface area contributed by atoms with Gasteiger partial charge in [0.15, 0.2) is 0 Å². The Bertz CT molecular complexity index is 640. The van der Waals surface area contributed by atoms with E-state index in [0.717, 1.165) is 22.5 Å². The van der Waals surface area contributed by atoms with Crippen molar-refractivity contribution in [2.45, 2.75) is 19.6 Å². The minimum Gasteiger partial charge on any atom is -0.325 e. The molecule has 3 N–H and O–H groups in total. The van der Waals surface area contributed by atoms with Gasteiger partial charge in [0.2, 0.25) is 5.91 Å². The summed E-state index contributed by atoms with van der Waals surface area (Å²) in [5, 5.41) is 8.09. The van der Waals surface area contributed by atoms with Crippen molar-refractivity contribution in [3.63, 3.8) is 0 Å². The average molecular weight is 291 g/mol. The Hall–Kier alpha value is -1.95. The van der Waals surface area contributed by atoms with E-state index in [2.05, 4.69) is 21.6 Å². The SMILES string of the molecule is Cc1cc(C)cc(NC(=O)CSCc2cc(=O)[nH][nH]2)c1. The number of aromatic amines is 2. The third-order valence-electron chi connectivity index (χ3n) is 2.65. The van der Waals surface area contributed by atoms with Gasteiger partial charge in [-0.3, -0.25) is 14.7 Å². The molecular weight excluding hydrogens is 274 g/mol. The van der Waals surface area contributed by atoms with Crippen molar-refractivity contribution in [1.29, 1.82) is 0 Å². The molecule has 6 heteroatoms. The van der Waals surface area contributed by atoms with Gasteiger partial charge in [-0.2, -0.15) is 0 Å². The highest BCUT2D eigenvalue weighted by atomic mass is 32.2. The fourth-order valence-electron chi connectivity index (χ4n) is 1.95. The quantitative estimate of drug-likeness (QED) is 0.790. The lowest BCUT2D eigenvalue weighted by atomic mass is 10.1. The molecule has 1 amide bonds. The predicted molar refractivity (Wildman–Crippen MR) is 82.1 cm³/mol. The summed E-state index contributed by atoms with van der Waals surface area (Å²) in [6.45, 7) is 4.00. The fraction of sp³-hybridized carbons (Fsp3) is 0.286. The third-order valence-corrected chi connectivity index (χ3v) is 3.63. The summed E-state index contributed by atoms with van der Waals surface area (Å²) in [6.07, 6.45) is 0. The van der Waals surface area contributed by atoms with Crippen molar-refractivity contribution in [2.24, 2.45) is 0 Å². The number of nitrogens with one attached hydrogen (secondary N) is 3. The molecule has 0 aliphatic rings. The smallest absolute Gasteiger partial charge is 0.264 e. The van der Waals surface area contributed by atoms with Gasteiger partial charge in [0.05, 0.1) is 5.75 Å². The molecule has 0 saturated carbocycles. The number of hydrogen-bond acceptors (Lipinski definition) is 3. The van der Waals surface area contributed by atoms with E-state index in [1.807, 2.05) is 26.0 Å². The Morgan fingerprint density at radius 2 is 1.85 bits per heavy atom. The van der Waals surface area contributed by atoms with Crippen LogP contribution in [0.2, 0.25) is 0 Å². The minimum atomic E-state index is -0.153. The normalized spacial score (nSPS) is 10.5. The number of amides is 1. The largest absolute Gasteiger partial charge is 0.325 e. The number of thioether (sulfide) groups is 1. The lowest BCUT2D eigenvalue weighted by Gasteiger charge is -2.07. The van der Waals surface area contributed by atoms with Crippen LogP contribution in [-0.4, -0.2) is 21.9 Å². The molecule has 2 rings (SSSR count). The molecule has 0 fully saturated rings. The lowest BCUT2D eigenvalue weighted by molar-refractivity contribution is -0.113. The highest BCUT2D eigenvalue weighted by Gasteiger charge is 2.05. The molecule has 1 aromatic heterocycles. The minimum absolute atomic E-state index is 0.0436. The maximum Gasteiger partial charge on any atom is 0.264 e. The van der Waals surface area contributed by atoms with Crippen molar-refractivity contribution in [3.05, 3.63) is 51.4 Å². The zero-order valence-corrected chi connectivity index (χ0v) is 12.3. The van der Waals surface area contributed by atoms with Gasteiger partial charge >= 0.3 is 0 Å². The van der Waals surface area contributed by atoms with E-state index in [-0.39, 0.29) is 11.5 Å². The highest BCUT2D eigenvalue weighted by molar-refractivity contribution is 7.99. The molecule has 0 radical (unpaired) electrons. The topological polar surface area (TPSA) is 77.8 Å². The van der Waals surface area contributed by atoms with Gasteiger partial charge in [-0.25, -0.2) is 0 Å². The lowest BCUT2D eigenvalue weighted by Crippen LogP contribution is -2.14. The Kier molecular flexibility index (Phi) is 4.68. The number of carbonyl (C=O) groups is 1. The second kappa shape index (κ2) is 6.47. The van der Waals surface area contributed by atoms with Gasteiger partial charge in [0.25, 0.3) is 5.56 Å². The van der Waals surface area contributed by atoms with Gasteiger partial charge in [-0.05, 0) is 37.1 Å². The van der Waals surface area contributed by atoms with Crippen LogP contribution in [0.1, 0.15) is 16.8 Å². The van der Waals surface area contributed by atoms with Gasteiger partial charge in [-0.15, -0.1) is 11.8 Å². The first-order valence-electron chi connectivity index (χ1n) is 6.25. The van der Waals surface area contributed by atoms with E-state index >= 15 is 0 Å². The van der Waals surface area contributed by atoms with Crippen LogP contribution in [0.3, 0.4) is 0 Å². The molecule has 1 heterocycles. The Morgan fingerprint density at radius 3 is 2.45 bits per heavy atom. The summed E-state index contributed by atoms with van der Waals surface area (Å²) in [4.78, 5) is 22.7. The number of benzene rings is 1. The number of aryl methyl sites for hydroxylation is 2. The van der Waals surface area contributed by atoms with Gasteiger partial charge in [0, 0.05) is 23.2 Å². The van der Waals surface area contributed by atoms with Crippen molar-refractivity contribution < 1.29 is 4.79 Å². The Morgan fingerprint density at radius 1 is 1.15 bits per heavy atom. The van der Waals surface area contributed by atoms with Gasteiger partial charge < -0.3 is 10.4 Å². The summed E-state index contributed by atoms with van der Waals surface area (Å²) < 4.78 is 0. The number of anilines is 1. The number of hydrogen-bond donors (Lipinski definition) is 3. The molecule has 106 valence electrons. The number of H-pyrrole nitrogens is 2. The first-order valence-corrected chi connectivity index (χ1v) is 7.41. The average Bonchev–Trinajstić information content (AvgIpc) is 2.73. The zero-order valence-electron chi connectivity index (χ0n) is 11.4. The van der Waals surface area contributed by atoms with Crippen LogP contribution >= 0.6 is 11.8 Å². The van der Waals surface area contributed by atoms with Crippen molar-refractivity contribution in [2.75, 3.05) is 11.1 Å². The summed E-state index contributed by atoms with van der Waals surface area (Å²) in [6, 6.07) is 7.44. The van der Waals surface area contributed by atoms with Crippen LogP contribution in [0.4, 0.5) is 5.69 Å². The van der Waals surface area contributed by atoms with Crippen molar-refractivity contribution >= 4 is 23.4 Å². The van der Waals surface area contributed by atoms with Gasteiger partial charge in [-0.1, -0.05) is 6.07 Å². The van der Waals surface area contributed by atoms with Crippen LogP contribution in [0.5, 0.6) is 0 Å². The molecule has 0 aliphatic heterocycles. The second-order valence-corrected chi connectivity index (χ2v) is 5.69. The number of carbonyl (C=O) groups excluding carboxylic acids is 1. The van der Waals surface area contributed by atoms with E-state index < -0.39 is 0 Å². The van der Waals surface area contributed by atoms with E-state index in [0.29, 0.717) is 11.5 Å². The second-order valence-electron chi connectivity index (χ2n) is 4.70. The molecule has 0 atom stereocenters. The van der Waals surface area contributed by atoms with Crippen molar-refractivity contribution in [1.82, 2.24) is 10.2 Å². The monoisotopic (exact) mass is 291 g/mol. The first-order chi connectivity index (χ1) is 9.52. The Balaban J connectivity index is 1.81. The molecular formula is C14H17N3O2S. The van der Waals surface area contributed by atoms with Crippen LogP contribution in [0.15, 0.2) is 29.1 Å². The molecule has 0 aliphatic carbocycles. The predicted octanol–water partition coefficient (Wildman–Crippen LogP) is 2.19. The van der Waals surface area contributed by atoms with E-state index in [4.69, 9.17) is 0 Å². The number of rotatable bonds is 5. The number of aromatic nitrogens is 2. The first kappa shape index (κ1) is 14.5. The standard InChI is InChI=1S/C14H17N3O2S/c1-9-3-10(2)5-11(4-9)15-14(19)8-20-7-12-6-13(18)17-16-12/h3-6H,7-8H2,1-2H3,(H,15,19)(H2,16,17,18).